The zero-order valence-electron chi connectivity index (χ0n) is 12.1. The van der Waals surface area contributed by atoms with Crippen molar-refractivity contribution in [2.45, 2.75) is 38.5 Å². The Labute approximate surface area is 116 Å². The maximum atomic E-state index is 5.45. The van der Waals surface area contributed by atoms with Crippen molar-refractivity contribution in [1.82, 2.24) is 5.32 Å². The fourth-order valence-electron chi connectivity index (χ4n) is 1.91. The monoisotopic (exact) mass is 267 g/mol. The number of hydrogen-bond donors (Lipinski definition) is 1. The van der Waals surface area contributed by atoms with E-state index in [9.17, 15) is 0 Å². The first-order valence-corrected chi connectivity index (χ1v) is 7.78. The lowest BCUT2D eigenvalue weighted by atomic mass is 10.0. The maximum Gasteiger partial charge on any atom is 0.123 e. The van der Waals surface area contributed by atoms with Gasteiger partial charge in [-0.1, -0.05) is 19.1 Å². The highest BCUT2D eigenvalue weighted by atomic mass is 32.2. The molecule has 0 heterocycles. The third-order valence-electron chi connectivity index (χ3n) is 3.26. The van der Waals surface area contributed by atoms with E-state index in [0.717, 1.165) is 12.3 Å². The van der Waals surface area contributed by atoms with Crippen LogP contribution in [0.3, 0.4) is 0 Å². The fourth-order valence-corrected chi connectivity index (χ4v) is 2.26. The highest BCUT2D eigenvalue weighted by molar-refractivity contribution is 7.99. The van der Waals surface area contributed by atoms with Gasteiger partial charge in [0, 0.05) is 16.9 Å². The van der Waals surface area contributed by atoms with Crippen molar-refractivity contribution in [3.8, 4) is 5.75 Å². The quantitative estimate of drug-likeness (QED) is 0.812. The van der Waals surface area contributed by atoms with Gasteiger partial charge < -0.3 is 10.1 Å². The summed E-state index contributed by atoms with van der Waals surface area (Å²) in [4.78, 5) is 0. The summed E-state index contributed by atoms with van der Waals surface area (Å²) in [7, 11) is 1.74. The molecule has 18 heavy (non-hydrogen) atoms. The number of nitrogens with one attached hydrogen (secondary N) is 1. The standard InChI is InChI=1S/C15H25NOS/c1-11-6-7-14(15(10-11)17-4)13(3)16-9-8-12(2)18-5/h6-7,10,12-13,16H,8-9H2,1-5H3. The summed E-state index contributed by atoms with van der Waals surface area (Å²) in [5.74, 6) is 0.980. The Balaban J connectivity index is 2.58. The predicted octanol–water partition coefficient (Wildman–Crippen LogP) is 3.80. The molecule has 0 aliphatic carbocycles. The van der Waals surface area contributed by atoms with E-state index in [0.29, 0.717) is 11.3 Å². The summed E-state index contributed by atoms with van der Waals surface area (Å²) in [5, 5.41) is 4.28. The van der Waals surface area contributed by atoms with Gasteiger partial charge in [0.05, 0.1) is 7.11 Å². The molecule has 0 saturated carbocycles. The first-order valence-electron chi connectivity index (χ1n) is 6.49. The van der Waals surface area contributed by atoms with Crippen LogP contribution in [0.2, 0.25) is 0 Å². The van der Waals surface area contributed by atoms with E-state index in [1.54, 1.807) is 7.11 Å². The third-order valence-corrected chi connectivity index (χ3v) is 4.30. The molecule has 1 aromatic carbocycles. The van der Waals surface area contributed by atoms with Crippen LogP contribution < -0.4 is 10.1 Å². The van der Waals surface area contributed by atoms with Gasteiger partial charge in [0.2, 0.25) is 0 Å². The molecule has 0 bridgehead atoms. The van der Waals surface area contributed by atoms with E-state index in [4.69, 9.17) is 4.74 Å². The highest BCUT2D eigenvalue weighted by Gasteiger charge is 2.11. The Hall–Kier alpha value is -0.670. The topological polar surface area (TPSA) is 21.3 Å². The summed E-state index contributed by atoms with van der Waals surface area (Å²) in [6.07, 6.45) is 3.36. The number of thioether (sulfide) groups is 1. The molecule has 3 heteroatoms. The van der Waals surface area contributed by atoms with Crippen LogP contribution in [0.4, 0.5) is 0 Å². The Morgan fingerprint density at radius 3 is 2.67 bits per heavy atom. The summed E-state index contributed by atoms with van der Waals surface area (Å²) in [6.45, 7) is 7.59. The van der Waals surface area contributed by atoms with Crippen molar-refractivity contribution in [1.29, 1.82) is 0 Å². The maximum absolute atomic E-state index is 5.45. The lowest BCUT2D eigenvalue weighted by Crippen LogP contribution is -2.22. The van der Waals surface area contributed by atoms with Gasteiger partial charge in [0.1, 0.15) is 5.75 Å². The van der Waals surface area contributed by atoms with Crippen LogP contribution in [0.25, 0.3) is 0 Å². The predicted molar refractivity (Wildman–Crippen MR) is 81.7 cm³/mol. The molecule has 0 aliphatic rings. The minimum absolute atomic E-state index is 0.328. The molecule has 0 aromatic heterocycles. The Bertz CT molecular complexity index is 368. The van der Waals surface area contributed by atoms with Crippen LogP contribution >= 0.6 is 11.8 Å². The van der Waals surface area contributed by atoms with Crippen LogP contribution in [0.1, 0.15) is 37.4 Å². The summed E-state index contributed by atoms with van der Waals surface area (Å²) in [5.41, 5.74) is 2.47. The number of methoxy groups -OCH3 is 1. The Morgan fingerprint density at radius 2 is 2.06 bits per heavy atom. The van der Waals surface area contributed by atoms with Gasteiger partial charge in [-0.05, 0) is 44.7 Å². The zero-order chi connectivity index (χ0) is 13.5. The van der Waals surface area contributed by atoms with E-state index >= 15 is 0 Å². The molecule has 2 nitrogen and oxygen atoms in total. The molecular weight excluding hydrogens is 242 g/mol. The lowest BCUT2D eigenvalue weighted by molar-refractivity contribution is 0.401. The molecule has 0 radical (unpaired) electrons. The van der Waals surface area contributed by atoms with Crippen LogP contribution in [-0.4, -0.2) is 25.2 Å². The minimum atomic E-state index is 0.328. The number of ether oxygens (including phenoxy) is 1. The largest absolute Gasteiger partial charge is 0.496 e. The summed E-state index contributed by atoms with van der Waals surface area (Å²) in [6, 6.07) is 6.72. The second kappa shape index (κ2) is 7.70. The van der Waals surface area contributed by atoms with Crippen molar-refractivity contribution in [2.75, 3.05) is 19.9 Å². The van der Waals surface area contributed by atoms with Gasteiger partial charge in [-0.3, -0.25) is 0 Å². The van der Waals surface area contributed by atoms with Crippen molar-refractivity contribution in [2.24, 2.45) is 0 Å². The molecule has 0 amide bonds. The fraction of sp³-hybridized carbons (Fsp3) is 0.600. The molecule has 0 aliphatic heterocycles. The van der Waals surface area contributed by atoms with Gasteiger partial charge in [0.15, 0.2) is 0 Å². The van der Waals surface area contributed by atoms with E-state index in [-0.39, 0.29) is 0 Å². The molecule has 2 unspecified atom stereocenters. The molecular formula is C15H25NOS. The number of rotatable bonds is 7. The van der Waals surface area contributed by atoms with Crippen molar-refractivity contribution < 1.29 is 4.74 Å². The van der Waals surface area contributed by atoms with Gasteiger partial charge >= 0.3 is 0 Å². The molecule has 0 saturated heterocycles. The SMILES string of the molecule is COc1cc(C)ccc1C(C)NCCC(C)SC. The first kappa shape index (κ1) is 15.4. The second-order valence-electron chi connectivity index (χ2n) is 4.76. The first-order chi connectivity index (χ1) is 8.58. The molecule has 1 rings (SSSR count). The molecule has 0 spiro atoms. The van der Waals surface area contributed by atoms with Gasteiger partial charge in [-0.25, -0.2) is 0 Å². The smallest absolute Gasteiger partial charge is 0.123 e. The highest BCUT2D eigenvalue weighted by Crippen LogP contribution is 2.26. The third kappa shape index (κ3) is 4.54. The van der Waals surface area contributed by atoms with E-state index in [2.05, 4.69) is 50.5 Å². The number of hydrogen-bond acceptors (Lipinski definition) is 3. The second-order valence-corrected chi connectivity index (χ2v) is 6.03. The number of benzene rings is 1. The Morgan fingerprint density at radius 1 is 1.33 bits per heavy atom. The van der Waals surface area contributed by atoms with Gasteiger partial charge in [-0.15, -0.1) is 0 Å². The normalized spacial score (nSPS) is 14.3. The zero-order valence-corrected chi connectivity index (χ0v) is 12.9. The molecule has 1 N–H and O–H groups in total. The van der Waals surface area contributed by atoms with Crippen molar-refractivity contribution in [3.05, 3.63) is 29.3 Å². The van der Waals surface area contributed by atoms with E-state index in [1.165, 1.54) is 17.5 Å². The lowest BCUT2D eigenvalue weighted by Gasteiger charge is -2.18. The number of aryl methyl sites for hydroxylation is 1. The van der Waals surface area contributed by atoms with Crippen molar-refractivity contribution in [3.63, 3.8) is 0 Å². The summed E-state index contributed by atoms with van der Waals surface area (Å²) >= 11 is 1.92. The van der Waals surface area contributed by atoms with Gasteiger partial charge in [0.25, 0.3) is 0 Å². The minimum Gasteiger partial charge on any atom is -0.496 e. The van der Waals surface area contributed by atoms with Crippen LogP contribution in [0.5, 0.6) is 5.75 Å². The van der Waals surface area contributed by atoms with Crippen LogP contribution in [0.15, 0.2) is 18.2 Å². The molecule has 2 atom stereocenters. The van der Waals surface area contributed by atoms with Crippen molar-refractivity contribution >= 4 is 11.8 Å². The molecule has 0 fully saturated rings. The van der Waals surface area contributed by atoms with Crippen LogP contribution in [-0.2, 0) is 0 Å². The molecule has 1 aromatic rings. The van der Waals surface area contributed by atoms with Gasteiger partial charge in [-0.2, -0.15) is 11.8 Å². The van der Waals surface area contributed by atoms with E-state index in [1.807, 2.05) is 11.8 Å². The molecule has 102 valence electrons. The van der Waals surface area contributed by atoms with Crippen LogP contribution in [0, 0.1) is 6.92 Å². The average Bonchev–Trinajstić information content (AvgIpc) is 2.37. The Kier molecular flexibility index (Phi) is 6.58. The summed E-state index contributed by atoms with van der Waals surface area (Å²) < 4.78 is 5.45. The average molecular weight is 267 g/mol. The van der Waals surface area contributed by atoms with E-state index < -0.39 is 0 Å².